The summed E-state index contributed by atoms with van der Waals surface area (Å²) < 4.78 is 5.26. The molecule has 11 heavy (non-hydrogen) atoms. The molecule has 1 heterocycles. The van der Waals surface area contributed by atoms with E-state index in [1.54, 1.807) is 6.92 Å². The molecule has 1 aliphatic rings. The monoisotopic (exact) mass is 150 g/mol. The van der Waals surface area contributed by atoms with Gasteiger partial charge in [0, 0.05) is 5.56 Å². The quantitative estimate of drug-likeness (QED) is 0.603. The first kappa shape index (κ1) is 6.68. The van der Waals surface area contributed by atoms with E-state index in [-0.39, 0.29) is 0 Å². The van der Waals surface area contributed by atoms with Crippen LogP contribution in [0.2, 0.25) is 0 Å². The van der Waals surface area contributed by atoms with E-state index in [1.165, 1.54) is 0 Å². The number of fused-ring (bicyclic) bond motifs is 1. The summed E-state index contributed by atoms with van der Waals surface area (Å²) in [5, 5.41) is 9.72. The van der Waals surface area contributed by atoms with Crippen LogP contribution in [-0.2, 0) is 5.60 Å². The van der Waals surface area contributed by atoms with E-state index in [4.69, 9.17) is 4.74 Å². The fraction of sp³-hybridized carbons (Fsp3) is 0.333. The Morgan fingerprint density at radius 3 is 2.91 bits per heavy atom. The smallest absolute Gasteiger partial charge is 0.125 e. The molecule has 2 rings (SSSR count). The second-order valence-corrected chi connectivity index (χ2v) is 3.06. The Morgan fingerprint density at radius 2 is 2.18 bits per heavy atom. The lowest BCUT2D eigenvalue weighted by molar-refractivity contribution is 0.0349. The van der Waals surface area contributed by atoms with Crippen molar-refractivity contribution in [2.24, 2.45) is 0 Å². The van der Waals surface area contributed by atoms with Gasteiger partial charge >= 0.3 is 0 Å². The van der Waals surface area contributed by atoms with Crippen molar-refractivity contribution in [1.29, 1.82) is 0 Å². The Bertz CT molecular complexity index is 279. The van der Waals surface area contributed by atoms with Crippen LogP contribution < -0.4 is 4.74 Å². The van der Waals surface area contributed by atoms with Gasteiger partial charge in [-0.05, 0) is 13.0 Å². The number of benzene rings is 1. The molecule has 0 saturated heterocycles. The summed E-state index contributed by atoms with van der Waals surface area (Å²) in [6.45, 7) is 2.13. The zero-order valence-electron chi connectivity index (χ0n) is 6.37. The summed E-state index contributed by atoms with van der Waals surface area (Å²) in [6, 6.07) is 7.57. The molecule has 0 amide bonds. The topological polar surface area (TPSA) is 29.5 Å². The highest BCUT2D eigenvalue weighted by Crippen LogP contribution is 2.35. The highest BCUT2D eigenvalue weighted by Gasteiger charge is 2.33. The SMILES string of the molecule is C[C@@]1(O)COc2ccccc21. The molecule has 1 atom stereocenters. The molecule has 1 aromatic carbocycles. The average molecular weight is 150 g/mol. The maximum Gasteiger partial charge on any atom is 0.125 e. The van der Waals surface area contributed by atoms with Crippen molar-refractivity contribution in [1.82, 2.24) is 0 Å². The van der Waals surface area contributed by atoms with Crippen molar-refractivity contribution >= 4 is 0 Å². The first-order valence-electron chi connectivity index (χ1n) is 3.65. The second-order valence-electron chi connectivity index (χ2n) is 3.06. The maximum absolute atomic E-state index is 9.72. The van der Waals surface area contributed by atoms with Crippen LogP contribution in [0.1, 0.15) is 12.5 Å². The fourth-order valence-electron chi connectivity index (χ4n) is 1.33. The predicted octanol–water partition coefficient (Wildman–Crippen LogP) is 1.29. The van der Waals surface area contributed by atoms with Gasteiger partial charge in [0.15, 0.2) is 0 Å². The minimum absolute atomic E-state index is 0.367. The van der Waals surface area contributed by atoms with Gasteiger partial charge in [-0.3, -0.25) is 0 Å². The van der Waals surface area contributed by atoms with Gasteiger partial charge in [0.2, 0.25) is 0 Å². The average Bonchev–Trinajstić information content (AvgIpc) is 2.29. The summed E-state index contributed by atoms with van der Waals surface area (Å²) in [4.78, 5) is 0. The third-order valence-corrected chi connectivity index (χ3v) is 1.98. The number of hydrogen-bond donors (Lipinski definition) is 1. The number of aliphatic hydroxyl groups is 1. The Labute approximate surface area is 65.4 Å². The van der Waals surface area contributed by atoms with Crippen LogP contribution in [0.4, 0.5) is 0 Å². The van der Waals surface area contributed by atoms with Crippen molar-refractivity contribution in [2.75, 3.05) is 6.61 Å². The van der Waals surface area contributed by atoms with Gasteiger partial charge in [-0.25, -0.2) is 0 Å². The van der Waals surface area contributed by atoms with E-state index < -0.39 is 5.60 Å². The molecule has 0 aliphatic carbocycles. The standard InChI is InChI=1S/C9H10O2/c1-9(10)6-11-8-5-3-2-4-7(8)9/h2-5,10H,6H2,1H3/t9-/m1/s1. The molecule has 0 spiro atoms. The number of rotatable bonds is 0. The molecule has 2 nitrogen and oxygen atoms in total. The lowest BCUT2D eigenvalue weighted by Crippen LogP contribution is -2.22. The molecular formula is C9H10O2. The molecule has 0 aromatic heterocycles. The van der Waals surface area contributed by atoms with Gasteiger partial charge in [0.1, 0.15) is 18.0 Å². The maximum atomic E-state index is 9.72. The molecule has 0 bridgehead atoms. The van der Waals surface area contributed by atoms with Crippen molar-refractivity contribution in [3.05, 3.63) is 29.8 Å². The van der Waals surface area contributed by atoms with E-state index in [9.17, 15) is 5.11 Å². The fourth-order valence-corrected chi connectivity index (χ4v) is 1.33. The normalized spacial score (nSPS) is 27.8. The zero-order valence-corrected chi connectivity index (χ0v) is 6.37. The summed E-state index contributed by atoms with van der Waals surface area (Å²) in [6.07, 6.45) is 0. The number of para-hydroxylation sites is 1. The predicted molar refractivity (Wildman–Crippen MR) is 41.5 cm³/mol. The summed E-state index contributed by atoms with van der Waals surface area (Å²) >= 11 is 0. The van der Waals surface area contributed by atoms with Crippen LogP contribution in [0.3, 0.4) is 0 Å². The van der Waals surface area contributed by atoms with Crippen LogP contribution in [0.5, 0.6) is 5.75 Å². The molecule has 0 saturated carbocycles. The lowest BCUT2D eigenvalue weighted by atomic mass is 9.99. The van der Waals surface area contributed by atoms with Crippen molar-refractivity contribution < 1.29 is 9.84 Å². The first-order chi connectivity index (χ1) is 5.20. The molecule has 1 N–H and O–H groups in total. The Balaban J connectivity index is 2.56. The van der Waals surface area contributed by atoms with E-state index >= 15 is 0 Å². The Hall–Kier alpha value is -1.02. The van der Waals surface area contributed by atoms with Gasteiger partial charge in [-0.15, -0.1) is 0 Å². The van der Waals surface area contributed by atoms with Crippen LogP contribution in [0.25, 0.3) is 0 Å². The molecule has 58 valence electrons. The Kier molecular flexibility index (Phi) is 1.20. The minimum atomic E-state index is -0.795. The van der Waals surface area contributed by atoms with Crippen molar-refractivity contribution in [2.45, 2.75) is 12.5 Å². The van der Waals surface area contributed by atoms with Gasteiger partial charge in [0.25, 0.3) is 0 Å². The zero-order chi connectivity index (χ0) is 7.90. The van der Waals surface area contributed by atoms with Gasteiger partial charge in [-0.2, -0.15) is 0 Å². The largest absolute Gasteiger partial charge is 0.490 e. The first-order valence-corrected chi connectivity index (χ1v) is 3.65. The lowest BCUT2D eigenvalue weighted by Gasteiger charge is -2.12. The second kappa shape index (κ2) is 1.98. The summed E-state index contributed by atoms with van der Waals surface area (Å²) in [5.41, 5.74) is 0.0938. The van der Waals surface area contributed by atoms with Gasteiger partial charge in [0.05, 0.1) is 0 Å². The number of hydrogen-bond acceptors (Lipinski definition) is 2. The van der Waals surface area contributed by atoms with Crippen molar-refractivity contribution in [3.8, 4) is 5.75 Å². The van der Waals surface area contributed by atoms with Crippen LogP contribution in [-0.4, -0.2) is 11.7 Å². The molecule has 1 aliphatic heterocycles. The summed E-state index contributed by atoms with van der Waals surface area (Å²) in [7, 11) is 0. The van der Waals surface area contributed by atoms with E-state index in [2.05, 4.69) is 0 Å². The molecule has 1 aromatic rings. The molecular weight excluding hydrogens is 140 g/mol. The molecule has 0 radical (unpaired) electrons. The van der Waals surface area contributed by atoms with Crippen LogP contribution in [0, 0.1) is 0 Å². The Morgan fingerprint density at radius 1 is 1.45 bits per heavy atom. The van der Waals surface area contributed by atoms with E-state index in [1.807, 2.05) is 24.3 Å². The third kappa shape index (κ3) is 0.906. The molecule has 0 unspecified atom stereocenters. The third-order valence-electron chi connectivity index (χ3n) is 1.98. The van der Waals surface area contributed by atoms with Gasteiger partial charge in [-0.1, -0.05) is 18.2 Å². The molecule has 2 heteroatoms. The van der Waals surface area contributed by atoms with Crippen LogP contribution >= 0.6 is 0 Å². The highest BCUT2D eigenvalue weighted by molar-refractivity contribution is 5.40. The molecule has 0 fully saturated rings. The highest BCUT2D eigenvalue weighted by atomic mass is 16.5. The van der Waals surface area contributed by atoms with Crippen molar-refractivity contribution in [3.63, 3.8) is 0 Å². The summed E-state index contributed by atoms with van der Waals surface area (Å²) in [5.74, 6) is 0.803. The number of ether oxygens (including phenoxy) is 1. The van der Waals surface area contributed by atoms with E-state index in [0.29, 0.717) is 6.61 Å². The van der Waals surface area contributed by atoms with Gasteiger partial charge < -0.3 is 9.84 Å². The van der Waals surface area contributed by atoms with E-state index in [0.717, 1.165) is 11.3 Å². The van der Waals surface area contributed by atoms with Crippen LogP contribution in [0.15, 0.2) is 24.3 Å². The minimum Gasteiger partial charge on any atom is -0.490 e.